The van der Waals surface area contributed by atoms with Crippen LogP contribution in [0.1, 0.15) is 49.7 Å². The molecule has 1 saturated heterocycles. The average Bonchev–Trinajstić information content (AvgIpc) is 3.29. The van der Waals surface area contributed by atoms with Crippen LogP contribution in [0.15, 0.2) is 59.8 Å². The van der Waals surface area contributed by atoms with Crippen molar-refractivity contribution < 1.29 is 22.8 Å². The van der Waals surface area contributed by atoms with Gasteiger partial charge in [0.25, 0.3) is 15.9 Å². The molecule has 1 aromatic carbocycles. The summed E-state index contributed by atoms with van der Waals surface area (Å²) >= 11 is 1.36. The Labute approximate surface area is 233 Å². The normalized spacial score (nSPS) is 19.5. The van der Waals surface area contributed by atoms with Gasteiger partial charge in [-0.15, -0.1) is 11.3 Å². The highest BCUT2D eigenvalue weighted by molar-refractivity contribution is 7.89. The number of carbonyl (C=O) groups excluding carboxylic acids is 3. The van der Waals surface area contributed by atoms with E-state index in [4.69, 9.17) is 0 Å². The Bertz CT molecular complexity index is 1410. The van der Waals surface area contributed by atoms with Crippen molar-refractivity contribution in [2.45, 2.75) is 57.1 Å². The topological polar surface area (TPSA) is 126 Å². The molecule has 2 aromatic heterocycles. The van der Waals surface area contributed by atoms with E-state index in [1.165, 1.54) is 23.6 Å². The Morgan fingerprint density at radius 1 is 1.13 bits per heavy atom. The molecule has 4 rings (SSSR count). The fourth-order valence-electron chi connectivity index (χ4n) is 4.62. The van der Waals surface area contributed by atoms with Gasteiger partial charge in [0, 0.05) is 17.4 Å². The van der Waals surface area contributed by atoms with Crippen LogP contribution in [0.2, 0.25) is 0 Å². The van der Waals surface area contributed by atoms with Crippen molar-refractivity contribution in [3.63, 3.8) is 0 Å². The van der Waals surface area contributed by atoms with Crippen LogP contribution in [0.5, 0.6) is 0 Å². The van der Waals surface area contributed by atoms with E-state index in [0.717, 1.165) is 14.4 Å². The highest BCUT2D eigenvalue weighted by atomic mass is 32.2. The number of carbonyl (C=O) groups is 3. The van der Waals surface area contributed by atoms with Crippen LogP contribution in [0.3, 0.4) is 0 Å². The number of ketones is 1. The van der Waals surface area contributed by atoms with Gasteiger partial charge in [-0.2, -0.15) is 4.31 Å². The molecule has 11 heteroatoms. The van der Waals surface area contributed by atoms with Crippen LogP contribution >= 0.6 is 11.3 Å². The molecule has 3 heterocycles. The lowest BCUT2D eigenvalue weighted by molar-refractivity contribution is -0.129. The summed E-state index contributed by atoms with van der Waals surface area (Å²) in [6.45, 7) is 5.69. The molecule has 0 unspecified atom stereocenters. The number of fused-ring (bicyclic) bond motifs is 1. The van der Waals surface area contributed by atoms with Gasteiger partial charge in [0.1, 0.15) is 6.04 Å². The summed E-state index contributed by atoms with van der Waals surface area (Å²) in [6, 6.07) is 12.4. The van der Waals surface area contributed by atoms with E-state index < -0.39 is 33.8 Å². The Morgan fingerprint density at radius 3 is 2.56 bits per heavy atom. The second-order valence-corrected chi connectivity index (χ2v) is 13.4. The van der Waals surface area contributed by atoms with E-state index in [-0.39, 0.29) is 29.9 Å². The van der Waals surface area contributed by atoms with Crippen LogP contribution in [-0.2, 0) is 19.6 Å². The van der Waals surface area contributed by atoms with E-state index >= 15 is 0 Å². The summed E-state index contributed by atoms with van der Waals surface area (Å²) in [5.41, 5.74) is 0. The highest BCUT2D eigenvalue weighted by Crippen LogP contribution is 2.26. The summed E-state index contributed by atoms with van der Waals surface area (Å²) in [5.74, 6) is -1.07. The number of aromatic nitrogens is 1. The maximum atomic E-state index is 13.4. The Hall–Kier alpha value is -3.15. The molecule has 0 spiro atoms. The first-order valence-electron chi connectivity index (χ1n) is 13.1. The van der Waals surface area contributed by atoms with E-state index in [9.17, 15) is 22.8 Å². The maximum Gasteiger partial charge on any atom is 0.262 e. The van der Waals surface area contributed by atoms with Crippen LogP contribution in [0, 0.1) is 11.8 Å². The zero-order chi connectivity index (χ0) is 28.2. The SMILES string of the molecule is CC(C)CC[C@H](NC(=O)c1cc2ccccc2s1)C(=O)N[C@H]1C[C@H](C)CN(S(=O)(=O)c2ccccn2)CC1=O. The highest BCUT2D eigenvalue weighted by Gasteiger charge is 2.37. The van der Waals surface area contributed by atoms with Gasteiger partial charge >= 0.3 is 0 Å². The summed E-state index contributed by atoms with van der Waals surface area (Å²) in [6.07, 6.45) is 2.80. The van der Waals surface area contributed by atoms with E-state index in [0.29, 0.717) is 30.1 Å². The molecule has 9 nitrogen and oxygen atoms in total. The number of hydrogen-bond donors (Lipinski definition) is 2. The number of hydrogen-bond acceptors (Lipinski definition) is 7. The number of nitrogens with zero attached hydrogens (tertiary/aromatic N) is 2. The van der Waals surface area contributed by atoms with Crippen molar-refractivity contribution in [1.82, 2.24) is 19.9 Å². The summed E-state index contributed by atoms with van der Waals surface area (Å²) in [5, 5.41) is 6.53. The summed E-state index contributed by atoms with van der Waals surface area (Å²) < 4.78 is 28.3. The van der Waals surface area contributed by atoms with Gasteiger partial charge in [-0.25, -0.2) is 13.4 Å². The van der Waals surface area contributed by atoms with Gasteiger partial charge in [-0.05, 0) is 60.7 Å². The minimum absolute atomic E-state index is 0.120. The van der Waals surface area contributed by atoms with Gasteiger partial charge < -0.3 is 10.6 Å². The van der Waals surface area contributed by atoms with Crippen molar-refractivity contribution in [3.8, 4) is 0 Å². The molecule has 2 N–H and O–H groups in total. The molecule has 0 radical (unpaired) electrons. The monoisotopic (exact) mass is 570 g/mol. The lowest BCUT2D eigenvalue weighted by Crippen LogP contribution is -2.52. The number of nitrogens with one attached hydrogen (secondary N) is 2. The number of sulfonamides is 1. The van der Waals surface area contributed by atoms with Crippen LogP contribution in [-0.4, -0.2) is 60.5 Å². The van der Waals surface area contributed by atoms with Crippen molar-refractivity contribution in [3.05, 3.63) is 59.6 Å². The molecule has 3 atom stereocenters. The molecule has 208 valence electrons. The van der Waals surface area contributed by atoms with E-state index in [2.05, 4.69) is 15.6 Å². The first kappa shape index (κ1) is 28.8. The largest absolute Gasteiger partial charge is 0.344 e. The predicted octanol–water partition coefficient (Wildman–Crippen LogP) is 3.62. The van der Waals surface area contributed by atoms with Gasteiger partial charge in [-0.3, -0.25) is 14.4 Å². The minimum atomic E-state index is -3.96. The van der Waals surface area contributed by atoms with Crippen LogP contribution < -0.4 is 10.6 Å². The predicted molar refractivity (Wildman–Crippen MR) is 151 cm³/mol. The summed E-state index contributed by atoms with van der Waals surface area (Å²) in [4.78, 5) is 44.2. The zero-order valence-corrected chi connectivity index (χ0v) is 23.9. The third kappa shape index (κ3) is 7.09. The lowest BCUT2D eigenvalue weighted by Gasteiger charge is -2.23. The molecule has 3 aromatic rings. The Balaban J connectivity index is 1.47. The van der Waals surface area contributed by atoms with Crippen molar-refractivity contribution in [2.24, 2.45) is 11.8 Å². The molecule has 1 aliphatic rings. The summed E-state index contributed by atoms with van der Waals surface area (Å²) in [7, 11) is -3.96. The molecule has 0 bridgehead atoms. The van der Waals surface area contributed by atoms with E-state index in [1.54, 1.807) is 18.2 Å². The Kier molecular flexibility index (Phi) is 9.14. The first-order chi connectivity index (χ1) is 18.5. The zero-order valence-electron chi connectivity index (χ0n) is 22.3. The molecule has 0 saturated carbocycles. The molecule has 1 aliphatic heterocycles. The van der Waals surface area contributed by atoms with Gasteiger partial charge in [0.15, 0.2) is 10.8 Å². The number of Topliss-reactive ketones (excluding diaryl/α,β-unsaturated/α-hetero) is 1. The van der Waals surface area contributed by atoms with Crippen LogP contribution in [0.4, 0.5) is 0 Å². The third-order valence-electron chi connectivity index (χ3n) is 6.74. The van der Waals surface area contributed by atoms with Crippen molar-refractivity contribution in [1.29, 1.82) is 0 Å². The first-order valence-corrected chi connectivity index (χ1v) is 15.3. The molecular formula is C28H34N4O5S2. The van der Waals surface area contributed by atoms with Gasteiger partial charge in [0.2, 0.25) is 5.91 Å². The maximum absolute atomic E-state index is 13.4. The number of pyridine rings is 1. The fourth-order valence-corrected chi connectivity index (χ4v) is 7.05. The number of rotatable bonds is 9. The lowest BCUT2D eigenvalue weighted by atomic mass is 9.99. The van der Waals surface area contributed by atoms with E-state index in [1.807, 2.05) is 45.0 Å². The standard InChI is InChI=1S/C28H34N4O5S2/c1-18(2)11-12-21(30-28(35)25-15-20-8-4-5-9-24(20)38-25)27(34)31-22-14-19(3)16-32(17-23(22)33)39(36,37)26-10-6-7-13-29-26/h4-10,13,15,18-19,21-22H,11-12,14,16-17H2,1-3H3,(H,30,35)(H,31,34)/t19-,21-,22-/m0/s1. The quantitative estimate of drug-likeness (QED) is 0.405. The molecule has 2 amide bonds. The van der Waals surface area contributed by atoms with Crippen molar-refractivity contribution in [2.75, 3.05) is 13.1 Å². The van der Waals surface area contributed by atoms with Crippen LogP contribution in [0.25, 0.3) is 10.1 Å². The molecule has 1 fully saturated rings. The average molecular weight is 571 g/mol. The molecule has 0 aliphatic carbocycles. The minimum Gasteiger partial charge on any atom is -0.344 e. The smallest absolute Gasteiger partial charge is 0.262 e. The number of amides is 2. The van der Waals surface area contributed by atoms with Gasteiger partial charge in [-0.1, -0.05) is 45.0 Å². The Morgan fingerprint density at radius 2 is 1.87 bits per heavy atom. The number of thiophene rings is 1. The third-order valence-corrected chi connectivity index (χ3v) is 9.58. The van der Waals surface area contributed by atoms with Gasteiger partial charge in [0.05, 0.1) is 17.5 Å². The fraction of sp³-hybridized carbons (Fsp3) is 0.429. The second kappa shape index (κ2) is 12.4. The van der Waals surface area contributed by atoms with Crippen molar-refractivity contribution >= 4 is 49.0 Å². The second-order valence-electron chi connectivity index (χ2n) is 10.5. The molecule has 39 heavy (non-hydrogen) atoms. The molecular weight excluding hydrogens is 536 g/mol. The number of benzene rings is 1.